The van der Waals surface area contributed by atoms with Crippen LogP contribution >= 0.6 is 11.3 Å². The molecule has 1 aliphatic heterocycles. The maximum absolute atomic E-state index is 5.40. The molecule has 0 atom stereocenters. The molecular weight excluding hydrogens is 362 g/mol. The first-order valence-electron chi connectivity index (χ1n) is 9.42. The Morgan fingerprint density at radius 1 is 1.26 bits per heavy atom. The fraction of sp³-hybridized carbons (Fsp3) is 0.611. The number of ether oxygens (including phenoxy) is 1. The third-order valence-electron chi connectivity index (χ3n) is 4.63. The fourth-order valence-corrected chi connectivity index (χ4v) is 3.54. The van der Waals surface area contributed by atoms with Gasteiger partial charge in [0.05, 0.1) is 13.2 Å². The number of guanidine groups is 1. The van der Waals surface area contributed by atoms with Crippen molar-refractivity contribution >= 4 is 17.3 Å². The number of hydrogen-bond acceptors (Lipinski definition) is 6. The number of aromatic nitrogens is 3. The van der Waals surface area contributed by atoms with Gasteiger partial charge in [-0.3, -0.25) is 4.90 Å². The molecule has 1 fully saturated rings. The predicted octanol–water partition coefficient (Wildman–Crippen LogP) is 0.795. The van der Waals surface area contributed by atoms with Crippen LogP contribution < -0.4 is 10.6 Å². The highest BCUT2D eigenvalue weighted by Gasteiger charge is 2.10. The Morgan fingerprint density at radius 3 is 2.78 bits per heavy atom. The minimum atomic E-state index is 0.503. The van der Waals surface area contributed by atoms with Gasteiger partial charge in [-0.05, 0) is 24.8 Å². The summed E-state index contributed by atoms with van der Waals surface area (Å²) in [5.74, 6) is 2.58. The Morgan fingerprint density at radius 2 is 2.07 bits per heavy atom. The first-order valence-corrected chi connectivity index (χ1v) is 10.3. The van der Waals surface area contributed by atoms with Crippen molar-refractivity contribution in [2.45, 2.75) is 19.9 Å². The van der Waals surface area contributed by atoms with Crippen LogP contribution in [-0.4, -0.2) is 71.6 Å². The lowest BCUT2D eigenvalue weighted by atomic mass is 10.3. The maximum Gasteiger partial charge on any atom is 0.191 e. The van der Waals surface area contributed by atoms with E-state index in [1.54, 1.807) is 11.3 Å². The summed E-state index contributed by atoms with van der Waals surface area (Å²) >= 11 is 1.79. The van der Waals surface area contributed by atoms with E-state index < -0.39 is 0 Å². The smallest absolute Gasteiger partial charge is 0.191 e. The molecule has 27 heavy (non-hydrogen) atoms. The lowest BCUT2D eigenvalue weighted by Gasteiger charge is -2.26. The summed E-state index contributed by atoms with van der Waals surface area (Å²) in [6, 6.07) is 4.25. The molecule has 8 nitrogen and oxygen atoms in total. The SMILES string of the molecule is Cc1nnc(CN=C(NCCc2cccs2)NCCN2CCOCC2)n1C. The molecule has 0 unspecified atom stereocenters. The van der Waals surface area contributed by atoms with Crippen LogP contribution in [0.25, 0.3) is 0 Å². The number of thiophene rings is 1. The molecular formula is C18H29N7OS. The Kier molecular flexibility index (Phi) is 7.61. The molecule has 0 bridgehead atoms. The number of hydrogen-bond donors (Lipinski definition) is 2. The van der Waals surface area contributed by atoms with Crippen LogP contribution in [-0.2, 0) is 24.8 Å². The van der Waals surface area contributed by atoms with Gasteiger partial charge in [0.15, 0.2) is 11.8 Å². The second-order valence-corrected chi connectivity index (χ2v) is 7.56. The summed E-state index contributed by atoms with van der Waals surface area (Å²) in [5, 5.41) is 17.3. The number of rotatable bonds is 8. The van der Waals surface area contributed by atoms with Gasteiger partial charge in [-0.15, -0.1) is 21.5 Å². The highest BCUT2D eigenvalue weighted by atomic mass is 32.1. The number of aliphatic imine (C=N–C) groups is 1. The molecule has 148 valence electrons. The molecule has 1 saturated heterocycles. The zero-order chi connectivity index (χ0) is 18.9. The highest BCUT2D eigenvalue weighted by molar-refractivity contribution is 7.09. The van der Waals surface area contributed by atoms with E-state index in [-0.39, 0.29) is 0 Å². The first kappa shape index (κ1) is 19.8. The second kappa shape index (κ2) is 10.4. The van der Waals surface area contributed by atoms with Crippen molar-refractivity contribution in [3.05, 3.63) is 34.0 Å². The Labute approximate surface area is 164 Å². The molecule has 0 radical (unpaired) electrons. The highest BCUT2D eigenvalue weighted by Crippen LogP contribution is 2.08. The van der Waals surface area contributed by atoms with Crippen LogP contribution in [0.3, 0.4) is 0 Å². The summed E-state index contributed by atoms with van der Waals surface area (Å²) in [7, 11) is 1.97. The monoisotopic (exact) mass is 391 g/mol. The first-order chi connectivity index (χ1) is 13.2. The zero-order valence-electron chi connectivity index (χ0n) is 16.1. The van der Waals surface area contributed by atoms with Gasteiger partial charge in [0, 0.05) is 44.6 Å². The summed E-state index contributed by atoms with van der Waals surface area (Å²) in [5.41, 5.74) is 0. The van der Waals surface area contributed by atoms with Gasteiger partial charge in [0.2, 0.25) is 0 Å². The van der Waals surface area contributed by atoms with Gasteiger partial charge >= 0.3 is 0 Å². The molecule has 3 rings (SSSR count). The Hall–Kier alpha value is -1.97. The molecule has 0 aliphatic carbocycles. The van der Waals surface area contributed by atoms with Crippen molar-refractivity contribution in [3.63, 3.8) is 0 Å². The van der Waals surface area contributed by atoms with Crippen molar-refractivity contribution in [1.82, 2.24) is 30.3 Å². The van der Waals surface area contributed by atoms with Crippen LogP contribution in [0.15, 0.2) is 22.5 Å². The number of nitrogens with one attached hydrogen (secondary N) is 2. The molecule has 2 N–H and O–H groups in total. The van der Waals surface area contributed by atoms with Gasteiger partial charge in [-0.25, -0.2) is 4.99 Å². The van der Waals surface area contributed by atoms with E-state index in [0.717, 1.165) is 70.0 Å². The van der Waals surface area contributed by atoms with E-state index in [1.807, 2.05) is 18.5 Å². The average molecular weight is 392 g/mol. The van der Waals surface area contributed by atoms with Crippen molar-refractivity contribution in [2.75, 3.05) is 45.9 Å². The Bertz CT molecular complexity index is 707. The fourth-order valence-electron chi connectivity index (χ4n) is 2.83. The van der Waals surface area contributed by atoms with Gasteiger partial charge in [-0.2, -0.15) is 0 Å². The summed E-state index contributed by atoms with van der Waals surface area (Å²) in [6.07, 6.45) is 0.991. The molecule has 2 aromatic rings. The average Bonchev–Trinajstić information content (AvgIpc) is 3.31. The molecule has 1 aliphatic rings. The lowest BCUT2D eigenvalue weighted by Crippen LogP contribution is -2.44. The number of aryl methyl sites for hydroxylation is 1. The van der Waals surface area contributed by atoms with E-state index in [9.17, 15) is 0 Å². The van der Waals surface area contributed by atoms with Crippen LogP contribution in [0, 0.1) is 6.92 Å². The van der Waals surface area contributed by atoms with Crippen LogP contribution in [0.5, 0.6) is 0 Å². The molecule has 0 aromatic carbocycles. The number of morpholine rings is 1. The standard InChI is InChI=1S/C18H29N7OS/c1-15-22-23-17(24(15)2)14-21-18(19-6-5-16-4-3-13-27-16)20-7-8-25-9-11-26-12-10-25/h3-4,13H,5-12,14H2,1-2H3,(H2,19,20,21). The van der Waals surface area contributed by atoms with E-state index in [2.05, 4.69) is 43.2 Å². The van der Waals surface area contributed by atoms with Crippen molar-refractivity contribution in [1.29, 1.82) is 0 Å². The van der Waals surface area contributed by atoms with Gasteiger partial charge in [0.25, 0.3) is 0 Å². The zero-order valence-corrected chi connectivity index (χ0v) is 17.0. The third-order valence-corrected chi connectivity index (χ3v) is 5.57. The third kappa shape index (κ3) is 6.30. The molecule has 3 heterocycles. The normalized spacial score (nSPS) is 15.9. The van der Waals surface area contributed by atoms with E-state index >= 15 is 0 Å². The van der Waals surface area contributed by atoms with E-state index in [1.165, 1.54) is 4.88 Å². The number of nitrogens with zero attached hydrogens (tertiary/aromatic N) is 5. The van der Waals surface area contributed by atoms with Crippen molar-refractivity contribution in [2.24, 2.45) is 12.0 Å². The molecule has 0 saturated carbocycles. The molecule has 0 amide bonds. The predicted molar refractivity (Wildman–Crippen MR) is 108 cm³/mol. The van der Waals surface area contributed by atoms with Crippen molar-refractivity contribution < 1.29 is 4.74 Å². The summed E-state index contributed by atoms with van der Waals surface area (Å²) < 4.78 is 7.38. The second-order valence-electron chi connectivity index (χ2n) is 6.52. The molecule has 0 spiro atoms. The summed E-state index contributed by atoms with van der Waals surface area (Å²) in [6.45, 7) is 8.78. The van der Waals surface area contributed by atoms with Crippen LogP contribution in [0.2, 0.25) is 0 Å². The quantitative estimate of drug-likeness (QED) is 0.512. The van der Waals surface area contributed by atoms with Gasteiger partial charge < -0.3 is 19.9 Å². The van der Waals surface area contributed by atoms with E-state index in [4.69, 9.17) is 9.73 Å². The van der Waals surface area contributed by atoms with E-state index in [0.29, 0.717) is 6.54 Å². The molecule has 9 heteroatoms. The van der Waals surface area contributed by atoms with Gasteiger partial charge in [-0.1, -0.05) is 6.07 Å². The minimum absolute atomic E-state index is 0.503. The minimum Gasteiger partial charge on any atom is -0.379 e. The lowest BCUT2D eigenvalue weighted by molar-refractivity contribution is 0.0389. The van der Waals surface area contributed by atoms with Crippen molar-refractivity contribution in [3.8, 4) is 0 Å². The summed E-state index contributed by atoms with van der Waals surface area (Å²) in [4.78, 5) is 8.48. The molecule has 2 aromatic heterocycles. The Balaban J connectivity index is 1.51. The largest absolute Gasteiger partial charge is 0.379 e. The topological polar surface area (TPSA) is 79.6 Å². The van der Waals surface area contributed by atoms with Crippen LogP contribution in [0.4, 0.5) is 0 Å². The van der Waals surface area contributed by atoms with Gasteiger partial charge in [0.1, 0.15) is 12.4 Å². The maximum atomic E-state index is 5.40. The van der Waals surface area contributed by atoms with Crippen LogP contribution in [0.1, 0.15) is 16.5 Å².